The molecule has 2 atom stereocenters. The number of alkyl carbamates (subject to hydrolysis) is 1. The van der Waals surface area contributed by atoms with Gasteiger partial charge in [-0.05, 0) is 80.0 Å². The largest absolute Gasteiger partial charge is 0.444 e. The highest BCUT2D eigenvalue weighted by molar-refractivity contribution is 5.92. The summed E-state index contributed by atoms with van der Waals surface area (Å²) >= 11 is 0. The molecule has 3 amide bonds. The average Bonchev–Trinajstić information content (AvgIpc) is 2.62. The number of carbonyl (C=O) groups excluding carboxylic acids is 3. The van der Waals surface area contributed by atoms with Crippen LogP contribution in [0.1, 0.15) is 79.5 Å². The smallest absolute Gasteiger partial charge is 0.408 e. The fourth-order valence-electron chi connectivity index (χ4n) is 3.14. The number of nitrogens with zero attached hydrogens (tertiary/aromatic N) is 1. The predicted molar refractivity (Wildman–Crippen MR) is 126 cm³/mol. The normalized spacial score (nSPS) is 13.5. The maximum Gasteiger partial charge on any atom is 0.408 e. The van der Waals surface area contributed by atoms with Gasteiger partial charge in [-0.2, -0.15) is 0 Å². The Morgan fingerprint density at radius 3 is 1.91 bits per heavy atom. The first-order chi connectivity index (χ1) is 14.6. The Bertz CT molecular complexity index is 855. The van der Waals surface area contributed by atoms with Crippen molar-refractivity contribution in [3.63, 3.8) is 0 Å². The van der Waals surface area contributed by atoms with Crippen LogP contribution in [0.2, 0.25) is 0 Å². The van der Waals surface area contributed by atoms with Crippen LogP contribution in [0.3, 0.4) is 0 Å². The zero-order valence-corrected chi connectivity index (χ0v) is 20.7. The highest BCUT2D eigenvalue weighted by Crippen LogP contribution is 2.30. The molecule has 1 aromatic rings. The van der Waals surface area contributed by atoms with E-state index in [9.17, 15) is 14.4 Å². The maximum absolute atomic E-state index is 13.6. The van der Waals surface area contributed by atoms with E-state index in [0.29, 0.717) is 11.1 Å². The van der Waals surface area contributed by atoms with Crippen LogP contribution in [0.4, 0.5) is 4.79 Å². The van der Waals surface area contributed by atoms with E-state index in [1.807, 2.05) is 34.6 Å². The van der Waals surface area contributed by atoms with E-state index in [0.717, 1.165) is 0 Å². The van der Waals surface area contributed by atoms with E-state index in [4.69, 9.17) is 11.2 Å². The standard InChI is InChI=1S/C25H37N3O4/c1-11-18-12-14-19(15-13-18)20(21(29)26-16(2)3)28(24(5,6)7)22(30)17(4)27-23(31)32-25(8,9)10/h1,12-17,20H,2-10H3,(H,26,29)(H,27,31). The summed E-state index contributed by atoms with van der Waals surface area (Å²) in [6.45, 7) is 16.0. The van der Waals surface area contributed by atoms with Crippen molar-refractivity contribution in [1.29, 1.82) is 0 Å². The van der Waals surface area contributed by atoms with Crippen LogP contribution in [0, 0.1) is 12.3 Å². The third-order valence-corrected chi connectivity index (χ3v) is 4.39. The highest BCUT2D eigenvalue weighted by atomic mass is 16.6. The molecule has 0 saturated heterocycles. The lowest BCUT2D eigenvalue weighted by Gasteiger charge is -2.42. The lowest BCUT2D eigenvalue weighted by atomic mass is 9.95. The number of terminal acetylenes is 1. The van der Waals surface area contributed by atoms with E-state index < -0.39 is 35.2 Å². The molecule has 2 unspecified atom stereocenters. The number of carbonyl (C=O) groups is 3. The topological polar surface area (TPSA) is 87.7 Å². The van der Waals surface area contributed by atoms with Crippen LogP contribution >= 0.6 is 0 Å². The summed E-state index contributed by atoms with van der Waals surface area (Å²) in [6.07, 6.45) is 4.76. The summed E-state index contributed by atoms with van der Waals surface area (Å²) < 4.78 is 5.28. The van der Waals surface area contributed by atoms with Crippen molar-refractivity contribution in [1.82, 2.24) is 15.5 Å². The van der Waals surface area contributed by atoms with Gasteiger partial charge < -0.3 is 20.3 Å². The Morgan fingerprint density at radius 1 is 0.969 bits per heavy atom. The van der Waals surface area contributed by atoms with E-state index in [1.54, 1.807) is 52.0 Å². The zero-order valence-electron chi connectivity index (χ0n) is 20.7. The van der Waals surface area contributed by atoms with E-state index >= 15 is 0 Å². The molecular formula is C25H37N3O4. The van der Waals surface area contributed by atoms with Crippen LogP contribution in [0.5, 0.6) is 0 Å². The van der Waals surface area contributed by atoms with Gasteiger partial charge in [-0.1, -0.05) is 18.1 Å². The van der Waals surface area contributed by atoms with Crippen molar-refractivity contribution in [2.45, 2.75) is 91.6 Å². The predicted octanol–water partition coefficient (Wildman–Crippen LogP) is 3.77. The Labute approximate surface area is 192 Å². The fourth-order valence-corrected chi connectivity index (χ4v) is 3.14. The summed E-state index contributed by atoms with van der Waals surface area (Å²) in [6, 6.07) is 5.01. The quantitative estimate of drug-likeness (QED) is 0.655. The third kappa shape index (κ3) is 7.92. The number of nitrogens with one attached hydrogen (secondary N) is 2. The van der Waals surface area contributed by atoms with Gasteiger partial charge in [0.25, 0.3) is 0 Å². The van der Waals surface area contributed by atoms with Crippen molar-refractivity contribution < 1.29 is 19.1 Å². The maximum atomic E-state index is 13.6. The average molecular weight is 444 g/mol. The van der Waals surface area contributed by atoms with Gasteiger partial charge in [0.2, 0.25) is 11.8 Å². The Kier molecular flexibility index (Phi) is 8.90. The number of amides is 3. The van der Waals surface area contributed by atoms with Crippen LogP contribution < -0.4 is 10.6 Å². The second-order valence-electron chi connectivity index (χ2n) is 10.1. The van der Waals surface area contributed by atoms with Crippen molar-refractivity contribution in [2.75, 3.05) is 0 Å². The second kappa shape index (κ2) is 10.5. The number of benzene rings is 1. The van der Waals surface area contributed by atoms with Crippen molar-refractivity contribution >= 4 is 17.9 Å². The molecule has 0 aliphatic carbocycles. The van der Waals surface area contributed by atoms with Crippen LogP contribution in [-0.4, -0.2) is 46.0 Å². The molecule has 0 aromatic heterocycles. The molecule has 0 spiro atoms. The highest BCUT2D eigenvalue weighted by Gasteiger charge is 2.40. The minimum Gasteiger partial charge on any atom is -0.444 e. The fraction of sp³-hybridized carbons (Fsp3) is 0.560. The molecule has 1 aromatic carbocycles. The number of rotatable bonds is 6. The SMILES string of the molecule is C#Cc1ccc(C(C(=O)NC(C)C)N(C(=O)C(C)NC(=O)OC(C)(C)C)C(C)(C)C)cc1. The van der Waals surface area contributed by atoms with Gasteiger partial charge >= 0.3 is 6.09 Å². The molecule has 0 bridgehead atoms. The first-order valence-corrected chi connectivity index (χ1v) is 10.8. The third-order valence-electron chi connectivity index (χ3n) is 4.39. The zero-order chi connectivity index (χ0) is 24.9. The minimum absolute atomic E-state index is 0.121. The van der Waals surface area contributed by atoms with Gasteiger partial charge in [-0.15, -0.1) is 6.42 Å². The number of hydrogen-bond acceptors (Lipinski definition) is 4. The minimum atomic E-state index is -0.917. The van der Waals surface area contributed by atoms with E-state index in [1.165, 1.54) is 4.90 Å². The Hall–Kier alpha value is -3.01. The molecule has 0 fully saturated rings. The van der Waals surface area contributed by atoms with Crippen LogP contribution in [0.25, 0.3) is 0 Å². The molecule has 1 rings (SSSR count). The van der Waals surface area contributed by atoms with Crippen molar-refractivity contribution in [3.05, 3.63) is 35.4 Å². The molecule has 0 radical (unpaired) electrons. The molecule has 7 heteroatoms. The first kappa shape index (κ1) is 27.0. The summed E-state index contributed by atoms with van der Waals surface area (Å²) in [5.74, 6) is 1.83. The van der Waals surface area contributed by atoms with E-state index in [2.05, 4.69) is 16.6 Å². The summed E-state index contributed by atoms with van der Waals surface area (Å²) in [7, 11) is 0. The molecule has 32 heavy (non-hydrogen) atoms. The first-order valence-electron chi connectivity index (χ1n) is 10.8. The summed E-state index contributed by atoms with van der Waals surface area (Å²) in [5.41, 5.74) is -0.139. The molecule has 176 valence electrons. The lowest BCUT2D eigenvalue weighted by Crippen LogP contribution is -2.58. The molecule has 0 saturated carbocycles. The van der Waals surface area contributed by atoms with Crippen LogP contribution in [-0.2, 0) is 14.3 Å². The lowest BCUT2D eigenvalue weighted by molar-refractivity contribution is -0.148. The van der Waals surface area contributed by atoms with Gasteiger partial charge in [-0.25, -0.2) is 4.79 Å². The number of hydrogen-bond donors (Lipinski definition) is 2. The van der Waals surface area contributed by atoms with Crippen molar-refractivity contribution in [2.24, 2.45) is 0 Å². The summed E-state index contributed by atoms with van der Waals surface area (Å²) in [4.78, 5) is 40.6. The molecule has 0 aliphatic rings. The van der Waals surface area contributed by atoms with Gasteiger partial charge in [-0.3, -0.25) is 9.59 Å². The molecule has 2 N–H and O–H groups in total. The van der Waals surface area contributed by atoms with E-state index in [-0.39, 0.29) is 11.9 Å². The Morgan fingerprint density at radius 2 is 1.50 bits per heavy atom. The molecule has 0 heterocycles. The second-order valence-corrected chi connectivity index (χ2v) is 10.1. The van der Waals surface area contributed by atoms with Gasteiger partial charge in [0.1, 0.15) is 17.7 Å². The monoisotopic (exact) mass is 443 g/mol. The Balaban J connectivity index is 3.39. The number of ether oxygens (including phenoxy) is 1. The van der Waals surface area contributed by atoms with Gasteiger partial charge in [0.05, 0.1) is 0 Å². The van der Waals surface area contributed by atoms with Crippen LogP contribution in [0.15, 0.2) is 24.3 Å². The van der Waals surface area contributed by atoms with Gasteiger partial charge in [0.15, 0.2) is 0 Å². The van der Waals surface area contributed by atoms with Gasteiger partial charge in [0, 0.05) is 17.1 Å². The molecule has 0 aliphatic heterocycles. The van der Waals surface area contributed by atoms with Crippen molar-refractivity contribution in [3.8, 4) is 12.3 Å². The molecule has 7 nitrogen and oxygen atoms in total. The summed E-state index contributed by atoms with van der Waals surface area (Å²) in [5, 5.41) is 5.49. The molecular weight excluding hydrogens is 406 g/mol.